The number of nitrogens with one attached hydrogen (secondary N) is 1. The van der Waals surface area contributed by atoms with E-state index in [9.17, 15) is 4.79 Å². The van der Waals surface area contributed by atoms with Crippen LogP contribution in [0.25, 0.3) is 10.9 Å². The molecule has 24 heavy (non-hydrogen) atoms. The minimum absolute atomic E-state index is 0.158. The Morgan fingerprint density at radius 1 is 1.21 bits per heavy atom. The second kappa shape index (κ2) is 6.00. The monoisotopic (exact) mass is 322 g/mol. The van der Waals surface area contributed by atoms with Crippen molar-refractivity contribution >= 4 is 22.5 Å². The summed E-state index contributed by atoms with van der Waals surface area (Å²) in [6, 6.07) is 13.4. The van der Waals surface area contributed by atoms with E-state index in [1.54, 1.807) is 6.07 Å². The van der Waals surface area contributed by atoms with Crippen LogP contribution in [0.2, 0.25) is 0 Å². The highest BCUT2D eigenvalue weighted by Gasteiger charge is 2.16. The molecule has 2 aromatic heterocycles. The van der Waals surface area contributed by atoms with Crippen LogP contribution < -0.4 is 11.1 Å². The molecule has 3 N–H and O–H groups in total. The summed E-state index contributed by atoms with van der Waals surface area (Å²) in [5.74, 6) is -0.158. The van der Waals surface area contributed by atoms with Gasteiger partial charge in [0.15, 0.2) is 0 Å². The maximum Gasteiger partial charge on any atom is 0.270 e. The third-order valence-electron chi connectivity index (χ3n) is 3.66. The summed E-state index contributed by atoms with van der Waals surface area (Å²) in [6.45, 7) is 6.45. The Kier molecular flexibility index (Phi) is 4.01. The molecule has 3 rings (SSSR count). The van der Waals surface area contributed by atoms with Gasteiger partial charge < -0.3 is 15.6 Å². The molecule has 0 aliphatic heterocycles. The first-order valence-corrected chi connectivity index (χ1v) is 7.95. The molecule has 124 valence electrons. The Hall–Kier alpha value is -2.82. The van der Waals surface area contributed by atoms with E-state index in [1.165, 1.54) is 0 Å². The van der Waals surface area contributed by atoms with E-state index in [4.69, 9.17) is 5.73 Å². The lowest BCUT2D eigenvalue weighted by Crippen LogP contribution is -2.41. The van der Waals surface area contributed by atoms with Gasteiger partial charge >= 0.3 is 0 Å². The van der Waals surface area contributed by atoms with Crippen LogP contribution >= 0.6 is 0 Å². The average Bonchev–Trinajstić information content (AvgIpc) is 2.88. The van der Waals surface area contributed by atoms with E-state index in [-0.39, 0.29) is 11.4 Å². The van der Waals surface area contributed by atoms with Crippen LogP contribution in [-0.2, 0) is 6.54 Å². The van der Waals surface area contributed by atoms with Gasteiger partial charge in [-0.15, -0.1) is 0 Å². The predicted octanol–water partition coefficient (Wildman–Crippen LogP) is 3.20. The SMILES string of the molecule is CC(C)(C)NC(=O)c1cccc(Cn2ccc3cc(N)ccc32)n1. The quantitative estimate of drug-likeness (QED) is 0.727. The van der Waals surface area contributed by atoms with Gasteiger partial charge in [0.1, 0.15) is 5.69 Å². The van der Waals surface area contributed by atoms with Crippen molar-refractivity contribution in [2.45, 2.75) is 32.9 Å². The van der Waals surface area contributed by atoms with Gasteiger partial charge in [0.25, 0.3) is 5.91 Å². The van der Waals surface area contributed by atoms with E-state index >= 15 is 0 Å². The molecular weight excluding hydrogens is 300 g/mol. The molecule has 1 amide bonds. The molecule has 0 saturated heterocycles. The van der Waals surface area contributed by atoms with Gasteiger partial charge in [-0.3, -0.25) is 4.79 Å². The van der Waals surface area contributed by atoms with Gasteiger partial charge in [-0.25, -0.2) is 4.98 Å². The van der Waals surface area contributed by atoms with Crippen molar-refractivity contribution in [2.75, 3.05) is 5.73 Å². The number of benzene rings is 1. The number of anilines is 1. The van der Waals surface area contributed by atoms with E-state index < -0.39 is 0 Å². The Morgan fingerprint density at radius 2 is 2.00 bits per heavy atom. The summed E-state index contributed by atoms with van der Waals surface area (Å²) in [4.78, 5) is 16.8. The van der Waals surface area contributed by atoms with Crippen molar-refractivity contribution in [3.8, 4) is 0 Å². The lowest BCUT2D eigenvalue weighted by atomic mass is 10.1. The molecule has 0 radical (unpaired) electrons. The van der Waals surface area contributed by atoms with Crippen molar-refractivity contribution in [3.63, 3.8) is 0 Å². The summed E-state index contributed by atoms with van der Waals surface area (Å²) in [5.41, 5.74) is 8.65. The average molecular weight is 322 g/mol. The number of hydrogen-bond acceptors (Lipinski definition) is 3. The highest BCUT2D eigenvalue weighted by atomic mass is 16.2. The maximum atomic E-state index is 12.3. The highest BCUT2D eigenvalue weighted by molar-refractivity contribution is 5.92. The third-order valence-corrected chi connectivity index (χ3v) is 3.66. The number of amides is 1. The zero-order valence-electron chi connectivity index (χ0n) is 14.2. The molecule has 0 aliphatic rings. The summed E-state index contributed by atoms with van der Waals surface area (Å²) >= 11 is 0. The summed E-state index contributed by atoms with van der Waals surface area (Å²) in [7, 11) is 0. The molecule has 0 bridgehead atoms. The fraction of sp³-hybridized carbons (Fsp3) is 0.263. The Balaban J connectivity index is 1.85. The van der Waals surface area contributed by atoms with E-state index in [0.717, 1.165) is 22.3 Å². The molecule has 0 spiro atoms. The zero-order chi connectivity index (χ0) is 17.3. The molecule has 0 unspecified atom stereocenters. The fourth-order valence-corrected chi connectivity index (χ4v) is 2.63. The lowest BCUT2D eigenvalue weighted by molar-refractivity contribution is 0.0914. The van der Waals surface area contributed by atoms with Crippen LogP contribution in [0.1, 0.15) is 37.0 Å². The van der Waals surface area contributed by atoms with Crippen molar-refractivity contribution in [2.24, 2.45) is 0 Å². The van der Waals surface area contributed by atoms with Crippen LogP contribution in [0.15, 0.2) is 48.7 Å². The number of carbonyl (C=O) groups is 1. The van der Waals surface area contributed by atoms with Gasteiger partial charge in [-0.05, 0) is 57.2 Å². The molecule has 5 nitrogen and oxygen atoms in total. The number of rotatable bonds is 3. The summed E-state index contributed by atoms with van der Waals surface area (Å²) in [5, 5.41) is 4.03. The van der Waals surface area contributed by atoms with Gasteiger partial charge in [0.2, 0.25) is 0 Å². The normalized spacial score (nSPS) is 11.6. The lowest BCUT2D eigenvalue weighted by Gasteiger charge is -2.20. The predicted molar refractivity (Wildman–Crippen MR) is 96.9 cm³/mol. The first kappa shape index (κ1) is 16.1. The minimum Gasteiger partial charge on any atom is -0.399 e. The smallest absolute Gasteiger partial charge is 0.270 e. The molecule has 5 heteroatoms. The van der Waals surface area contributed by atoms with Crippen LogP contribution in [0.3, 0.4) is 0 Å². The number of fused-ring (bicyclic) bond motifs is 1. The van der Waals surface area contributed by atoms with Crippen LogP contribution in [0.5, 0.6) is 0 Å². The Morgan fingerprint density at radius 3 is 2.75 bits per heavy atom. The zero-order valence-corrected chi connectivity index (χ0v) is 14.2. The van der Waals surface area contributed by atoms with E-state index in [0.29, 0.717) is 12.2 Å². The van der Waals surface area contributed by atoms with Gasteiger partial charge in [0.05, 0.1) is 12.2 Å². The summed E-state index contributed by atoms with van der Waals surface area (Å²) in [6.07, 6.45) is 2.01. The molecule has 3 aromatic rings. The Bertz CT molecular complexity index is 890. The molecule has 1 aromatic carbocycles. The molecule has 0 aliphatic carbocycles. The topological polar surface area (TPSA) is 72.9 Å². The standard InChI is InChI=1S/C19H22N4O/c1-19(2,3)22-18(24)16-6-4-5-15(21-16)12-23-10-9-13-11-14(20)7-8-17(13)23/h4-11H,12,20H2,1-3H3,(H,22,24). The molecule has 2 heterocycles. The van der Waals surface area contributed by atoms with Gasteiger partial charge in [-0.2, -0.15) is 0 Å². The molecule has 0 saturated carbocycles. The molecule has 0 fully saturated rings. The van der Waals surface area contributed by atoms with Crippen molar-refractivity contribution in [3.05, 3.63) is 60.0 Å². The van der Waals surface area contributed by atoms with E-state index in [1.807, 2.05) is 63.4 Å². The fourth-order valence-electron chi connectivity index (χ4n) is 2.63. The van der Waals surface area contributed by atoms with Crippen molar-refractivity contribution in [1.29, 1.82) is 0 Å². The third kappa shape index (κ3) is 3.56. The molecular formula is C19H22N4O. The van der Waals surface area contributed by atoms with Crippen LogP contribution in [0, 0.1) is 0 Å². The van der Waals surface area contributed by atoms with Crippen LogP contribution in [-0.4, -0.2) is 21.0 Å². The highest BCUT2D eigenvalue weighted by Crippen LogP contribution is 2.19. The van der Waals surface area contributed by atoms with Gasteiger partial charge in [-0.1, -0.05) is 6.07 Å². The number of hydrogen-bond donors (Lipinski definition) is 2. The van der Waals surface area contributed by atoms with Crippen molar-refractivity contribution < 1.29 is 4.79 Å². The largest absolute Gasteiger partial charge is 0.399 e. The van der Waals surface area contributed by atoms with E-state index in [2.05, 4.69) is 14.9 Å². The minimum atomic E-state index is -0.286. The number of carbonyl (C=O) groups excluding carboxylic acids is 1. The molecule has 0 atom stereocenters. The Labute approximate surface area is 141 Å². The number of nitrogens with two attached hydrogens (primary N) is 1. The second-order valence-corrected chi connectivity index (χ2v) is 6.98. The first-order valence-electron chi connectivity index (χ1n) is 7.95. The first-order chi connectivity index (χ1) is 11.3. The van der Waals surface area contributed by atoms with Crippen LogP contribution in [0.4, 0.5) is 5.69 Å². The maximum absolute atomic E-state index is 12.3. The number of aromatic nitrogens is 2. The number of pyridine rings is 1. The number of nitrogens with zero attached hydrogens (tertiary/aromatic N) is 2. The van der Waals surface area contributed by atoms with Crippen molar-refractivity contribution in [1.82, 2.24) is 14.9 Å². The summed E-state index contributed by atoms with van der Waals surface area (Å²) < 4.78 is 2.10. The van der Waals surface area contributed by atoms with Gasteiger partial charge in [0, 0.05) is 28.3 Å². The second-order valence-electron chi connectivity index (χ2n) is 6.98. The number of nitrogen functional groups attached to an aromatic ring is 1.